The molecule has 0 bridgehead atoms. The summed E-state index contributed by atoms with van der Waals surface area (Å²) in [7, 11) is 0. The predicted octanol–water partition coefficient (Wildman–Crippen LogP) is 3.86. The van der Waals surface area contributed by atoms with Crippen molar-refractivity contribution in [1.29, 1.82) is 0 Å². The van der Waals surface area contributed by atoms with Crippen molar-refractivity contribution in [3.8, 4) is 11.3 Å². The van der Waals surface area contributed by atoms with E-state index < -0.39 is 0 Å². The van der Waals surface area contributed by atoms with Crippen LogP contribution in [0.1, 0.15) is 29.6 Å². The number of nitrogens with zero attached hydrogens (tertiary/aromatic N) is 2. The van der Waals surface area contributed by atoms with E-state index in [9.17, 15) is 4.79 Å². The minimum Gasteiger partial charge on any atom is -0.339 e. The second kappa shape index (κ2) is 7.26. The lowest BCUT2D eigenvalue weighted by molar-refractivity contribution is 0.0763. The first-order valence-electron chi connectivity index (χ1n) is 9.22. The van der Waals surface area contributed by atoms with Crippen LogP contribution >= 0.6 is 0 Å². The van der Waals surface area contributed by atoms with Gasteiger partial charge in [-0.2, -0.15) is 0 Å². The number of rotatable bonds is 2. The highest BCUT2D eigenvalue weighted by molar-refractivity contribution is 6.07. The minimum absolute atomic E-state index is 0.0786. The van der Waals surface area contributed by atoms with Crippen molar-refractivity contribution >= 4 is 16.8 Å². The van der Waals surface area contributed by atoms with Gasteiger partial charge in [-0.3, -0.25) is 4.79 Å². The predicted molar refractivity (Wildman–Crippen MR) is 105 cm³/mol. The molecule has 1 fully saturated rings. The molecule has 1 aliphatic rings. The molecule has 1 saturated heterocycles. The Morgan fingerprint density at radius 2 is 1.77 bits per heavy atom. The summed E-state index contributed by atoms with van der Waals surface area (Å²) in [5.74, 6) is 0.0786. The van der Waals surface area contributed by atoms with Crippen molar-refractivity contribution in [3.05, 3.63) is 66.2 Å². The van der Waals surface area contributed by atoms with Gasteiger partial charge in [0, 0.05) is 30.1 Å². The smallest absolute Gasteiger partial charge is 0.254 e. The quantitative estimate of drug-likeness (QED) is 0.767. The fourth-order valence-electron chi connectivity index (χ4n) is 3.60. The molecule has 1 aliphatic heterocycles. The van der Waals surface area contributed by atoms with Gasteiger partial charge in [-0.05, 0) is 31.4 Å². The van der Waals surface area contributed by atoms with Gasteiger partial charge >= 0.3 is 0 Å². The molecule has 0 aliphatic carbocycles. The van der Waals surface area contributed by atoms with Crippen molar-refractivity contribution in [1.82, 2.24) is 9.88 Å². The SMILES string of the molecule is N[C@@H]1CCCN(C(=O)c2cc(-c3ccccc3)nc3ccccc23)CC1. The van der Waals surface area contributed by atoms with Gasteiger partial charge in [0.2, 0.25) is 0 Å². The molecule has 2 heterocycles. The zero-order valence-electron chi connectivity index (χ0n) is 14.8. The average Bonchev–Trinajstić information content (AvgIpc) is 2.92. The highest BCUT2D eigenvalue weighted by atomic mass is 16.2. The molecule has 132 valence electrons. The Balaban J connectivity index is 1.79. The van der Waals surface area contributed by atoms with Gasteiger partial charge in [-0.1, -0.05) is 48.5 Å². The van der Waals surface area contributed by atoms with E-state index in [0.717, 1.165) is 60.1 Å². The fraction of sp³-hybridized carbons (Fsp3) is 0.273. The summed E-state index contributed by atoms with van der Waals surface area (Å²) in [6.07, 6.45) is 2.80. The lowest BCUT2D eigenvalue weighted by Crippen LogP contribution is -2.33. The van der Waals surface area contributed by atoms with E-state index in [2.05, 4.69) is 0 Å². The maximum atomic E-state index is 13.3. The van der Waals surface area contributed by atoms with Crippen molar-refractivity contribution in [3.63, 3.8) is 0 Å². The molecule has 1 amide bonds. The van der Waals surface area contributed by atoms with Crippen molar-refractivity contribution in [2.75, 3.05) is 13.1 Å². The lowest BCUT2D eigenvalue weighted by atomic mass is 10.0. The van der Waals surface area contributed by atoms with Gasteiger partial charge in [-0.25, -0.2) is 4.98 Å². The third kappa shape index (κ3) is 3.33. The summed E-state index contributed by atoms with van der Waals surface area (Å²) in [6.45, 7) is 1.49. The van der Waals surface area contributed by atoms with Gasteiger partial charge in [0.1, 0.15) is 0 Å². The minimum atomic E-state index is 0.0786. The maximum absolute atomic E-state index is 13.3. The van der Waals surface area contributed by atoms with Crippen LogP contribution in [0.5, 0.6) is 0 Å². The molecule has 4 heteroatoms. The molecule has 0 radical (unpaired) electrons. The molecule has 4 rings (SSSR count). The Morgan fingerprint density at radius 1 is 1.00 bits per heavy atom. The van der Waals surface area contributed by atoms with Crippen LogP contribution in [0.3, 0.4) is 0 Å². The number of likely N-dealkylation sites (tertiary alicyclic amines) is 1. The van der Waals surface area contributed by atoms with Gasteiger partial charge in [0.15, 0.2) is 0 Å². The number of carbonyl (C=O) groups excluding carboxylic acids is 1. The van der Waals surface area contributed by atoms with E-state index in [4.69, 9.17) is 10.7 Å². The van der Waals surface area contributed by atoms with E-state index in [0.29, 0.717) is 0 Å². The molecule has 3 aromatic rings. The largest absolute Gasteiger partial charge is 0.339 e. The van der Waals surface area contributed by atoms with Crippen LogP contribution in [0.15, 0.2) is 60.7 Å². The second-order valence-electron chi connectivity index (χ2n) is 6.92. The number of amides is 1. The number of fused-ring (bicyclic) bond motifs is 1. The van der Waals surface area contributed by atoms with Crippen LogP contribution in [0, 0.1) is 0 Å². The third-order valence-corrected chi connectivity index (χ3v) is 5.08. The second-order valence-corrected chi connectivity index (χ2v) is 6.92. The number of aromatic nitrogens is 1. The standard InChI is InChI=1S/C22H23N3O/c23-17-9-6-13-25(14-12-17)22(26)19-15-21(16-7-2-1-3-8-16)24-20-11-5-4-10-18(19)20/h1-5,7-8,10-11,15,17H,6,9,12-14,23H2/t17-/m1/s1. The van der Waals surface area contributed by atoms with E-state index >= 15 is 0 Å². The van der Waals surface area contributed by atoms with Crippen molar-refractivity contribution in [2.24, 2.45) is 5.73 Å². The van der Waals surface area contributed by atoms with E-state index in [1.807, 2.05) is 65.6 Å². The van der Waals surface area contributed by atoms with Gasteiger partial charge in [0.05, 0.1) is 16.8 Å². The van der Waals surface area contributed by atoms with Crippen molar-refractivity contribution in [2.45, 2.75) is 25.3 Å². The van der Waals surface area contributed by atoms with Crippen LogP contribution < -0.4 is 5.73 Å². The molecule has 1 atom stereocenters. The zero-order chi connectivity index (χ0) is 17.9. The Morgan fingerprint density at radius 3 is 2.62 bits per heavy atom. The maximum Gasteiger partial charge on any atom is 0.254 e. The molecule has 4 nitrogen and oxygen atoms in total. The number of carbonyl (C=O) groups is 1. The van der Waals surface area contributed by atoms with Crippen molar-refractivity contribution < 1.29 is 4.79 Å². The number of pyridine rings is 1. The Kier molecular flexibility index (Phi) is 4.67. The van der Waals surface area contributed by atoms with Crippen LogP contribution in [-0.2, 0) is 0 Å². The van der Waals surface area contributed by atoms with Crippen LogP contribution in [0.25, 0.3) is 22.2 Å². The molecular formula is C22H23N3O. The average molecular weight is 345 g/mol. The summed E-state index contributed by atoms with van der Waals surface area (Å²) in [4.78, 5) is 20.0. The lowest BCUT2D eigenvalue weighted by Gasteiger charge is -2.21. The fourth-order valence-corrected chi connectivity index (χ4v) is 3.60. The number of hydrogen-bond donors (Lipinski definition) is 1. The number of para-hydroxylation sites is 1. The molecule has 0 spiro atoms. The first-order chi connectivity index (χ1) is 12.7. The number of benzene rings is 2. The van der Waals surface area contributed by atoms with Crippen LogP contribution in [0.4, 0.5) is 0 Å². The highest BCUT2D eigenvalue weighted by Gasteiger charge is 2.22. The molecule has 0 unspecified atom stereocenters. The topological polar surface area (TPSA) is 59.2 Å². The Hall–Kier alpha value is -2.72. The third-order valence-electron chi connectivity index (χ3n) is 5.08. The molecule has 0 saturated carbocycles. The van der Waals surface area contributed by atoms with E-state index in [-0.39, 0.29) is 11.9 Å². The van der Waals surface area contributed by atoms with Gasteiger partial charge in [0.25, 0.3) is 5.91 Å². The molecular weight excluding hydrogens is 322 g/mol. The molecule has 26 heavy (non-hydrogen) atoms. The summed E-state index contributed by atoms with van der Waals surface area (Å²) < 4.78 is 0. The zero-order valence-corrected chi connectivity index (χ0v) is 14.8. The van der Waals surface area contributed by atoms with Gasteiger partial charge < -0.3 is 10.6 Å². The Labute approximate surface area is 153 Å². The highest BCUT2D eigenvalue weighted by Crippen LogP contribution is 2.26. The molecule has 2 aromatic carbocycles. The van der Waals surface area contributed by atoms with Gasteiger partial charge in [-0.15, -0.1) is 0 Å². The summed E-state index contributed by atoms with van der Waals surface area (Å²) in [5.41, 5.74) is 9.51. The van der Waals surface area contributed by atoms with Crippen LogP contribution in [-0.4, -0.2) is 34.9 Å². The molecule has 2 N–H and O–H groups in total. The van der Waals surface area contributed by atoms with Crippen LogP contribution in [0.2, 0.25) is 0 Å². The number of hydrogen-bond acceptors (Lipinski definition) is 3. The first-order valence-corrected chi connectivity index (χ1v) is 9.22. The first kappa shape index (κ1) is 16.7. The monoisotopic (exact) mass is 345 g/mol. The summed E-state index contributed by atoms with van der Waals surface area (Å²) in [5, 5.41) is 0.908. The summed E-state index contributed by atoms with van der Waals surface area (Å²) in [6, 6.07) is 20.0. The summed E-state index contributed by atoms with van der Waals surface area (Å²) >= 11 is 0. The molecule has 1 aromatic heterocycles. The Bertz CT molecular complexity index is 923. The number of nitrogens with two attached hydrogens (primary N) is 1. The van der Waals surface area contributed by atoms with E-state index in [1.165, 1.54) is 0 Å². The normalized spacial score (nSPS) is 17.9. The van der Waals surface area contributed by atoms with E-state index in [1.54, 1.807) is 0 Å².